The van der Waals surface area contributed by atoms with Crippen molar-refractivity contribution < 1.29 is 28.5 Å². The summed E-state index contributed by atoms with van der Waals surface area (Å²) in [6, 6.07) is 19.1. The number of nitrogens with zero attached hydrogens (tertiary/aromatic N) is 3. The van der Waals surface area contributed by atoms with Crippen LogP contribution >= 0.6 is 0 Å². The average molecular weight is 624 g/mol. The molecule has 0 saturated heterocycles. The number of hydrogen-bond donors (Lipinski definition) is 1. The third-order valence-electron chi connectivity index (χ3n) is 8.20. The summed E-state index contributed by atoms with van der Waals surface area (Å²) in [6.07, 6.45) is 0.0221. The Morgan fingerprint density at radius 2 is 1.85 bits per heavy atom. The molecule has 0 amide bonds. The van der Waals surface area contributed by atoms with Crippen LogP contribution in [0.5, 0.6) is 11.5 Å². The standard InChI is InChI=1S/C37H38FN3O5/c1-21-14-15-25(17-30(21)45-20-24-11-8-7-9-12-24)29-19-31-39-23(3)32(35(36(42)43)46-37(4,5)6)33(41(31)40-29)27-18-28(38)34-26(22(27)2)13-10-16-44-34/h7-9,11-12,14-15,17-19,35H,10,13,16,20H2,1-6H3,(H,42,43). The molecule has 1 atom stereocenters. The van der Waals surface area contributed by atoms with Crippen molar-refractivity contribution in [1.82, 2.24) is 14.6 Å². The van der Waals surface area contributed by atoms with E-state index in [0.717, 1.165) is 40.0 Å². The maximum atomic E-state index is 15.7. The van der Waals surface area contributed by atoms with Gasteiger partial charge in [0.2, 0.25) is 0 Å². The Bertz CT molecular complexity index is 1950. The van der Waals surface area contributed by atoms with Crippen LogP contribution in [0.2, 0.25) is 0 Å². The number of aryl methyl sites for hydroxylation is 2. The molecule has 3 heterocycles. The molecule has 6 rings (SSSR count). The third-order valence-corrected chi connectivity index (χ3v) is 8.20. The van der Waals surface area contributed by atoms with E-state index in [1.54, 1.807) is 32.2 Å². The molecule has 0 fully saturated rings. The summed E-state index contributed by atoms with van der Waals surface area (Å²) in [5, 5.41) is 15.4. The number of benzene rings is 3. The minimum absolute atomic E-state index is 0.251. The van der Waals surface area contributed by atoms with E-state index in [2.05, 4.69) is 0 Å². The zero-order valence-electron chi connectivity index (χ0n) is 27.0. The van der Waals surface area contributed by atoms with Crippen LogP contribution in [-0.2, 0) is 22.6 Å². The molecule has 5 aromatic rings. The van der Waals surface area contributed by atoms with E-state index >= 15 is 4.39 Å². The molecule has 0 bridgehead atoms. The van der Waals surface area contributed by atoms with Gasteiger partial charge < -0.3 is 19.3 Å². The summed E-state index contributed by atoms with van der Waals surface area (Å²) in [5.41, 5.74) is 6.42. The molecule has 238 valence electrons. The van der Waals surface area contributed by atoms with Gasteiger partial charge in [-0.25, -0.2) is 18.7 Å². The summed E-state index contributed by atoms with van der Waals surface area (Å²) in [5.74, 6) is -0.703. The molecule has 9 heteroatoms. The Morgan fingerprint density at radius 3 is 2.57 bits per heavy atom. The van der Waals surface area contributed by atoms with Crippen LogP contribution in [0.15, 0.2) is 60.7 Å². The lowest BCUT2D eigenvalue weighted by atomic mass is 9.91. The average Bonchev–Trinajstić information content (AvgIpc) is 3.44. The Morgan fingerprint density at radius 1 is 1.09 bits per heavy atom. The largest absolute Gasteiger partial charge is 0.490 e. The smallest absolute Gasteiger partial charge is 0.337 e. The highest BCUT2D eigenvalue weighted by molar-refractivity contribution is 5.82. The van der Waals surface area contributed by atoms with E-state index in [4.69, 9.17) is 24.3 Å². The SMILES string of the molecule is Cc1ccc(-c2cc3nc(C)c(C(OC(C)(C)C)C(=O)O)c(-c4cc(F)c5c(c4C)CCCO5)n3n2)cc1OCc1ccccc1. The number of rotatable bonds is 8. The van der Waals surface area contributed by atoms with Crippen LogP contribution in [-0.4, -0.2) is 37.9 Å². The minimum atomic E-state index is -1.38. The number of carboxylic acid groups (broad SMARTS) is 1. The molecule has 1 aliphatic heterocycles. The van der Waals surface area contributed by atoms with Crippen LogP contribution in [0.1, 0.15) is 66.8 Å². The van der Waals surface area contributed by atoms with Gasteiger partial charge in [-0.05, 0) is 83.2 Å². The van der Waals surface area contributed by atoms with Crippen molar-refractivity contribution in [2.45, 2.75) is 72.7 Å². The number of aliphatic carboxylic acids is 1. The second kappa shape index (κ2) is 12.2. The molecule has 1 N–H and O–H groups in total. The fourth-order valence-electron chi connectivity index (χ4n) is 5.99. The van der Waals surface area contributed by atoms with Gasteiger partial charge in [0.1, 0.15) is 12.4 Å². The Balaban J connectivity index is 1.55. The second-order valence-electron chi connectivity index (χ2n) is 12.8. The highest BCUT2D eigenvalue weighted by Crippen LogP contribution is 2.42. The molecule has 3 aromatic carbocycles. The predicted octanol–water partition coefficient (Wildman–Crippen LogP) is 7.97. The molecule has 0 saturated carbocycles. The molecular formula is C37H38FN3O5. The van der Waals surface area contributed by atoms with Gasteiger partial charge in [0.15, 0.2) is 23.3 Å². The zero-order chi connectivity index (χ0) is 32.7. The molecule has 1 aliphatic rings. The summed E-state index contributed by atoms with van der Waals surface area (Å²) in [4.78, 5) is 17.6. The number of carboxylic acids is 1. The topological polar surface area (TPSA) is 95.2 Å². The van der Waals surface area contributed by atoms with Gasteiger partial charge in [-0.3, -0.25) is 0 Å². The van der Waals surface area contributed by atoms with Gasteiger partial charge in [0.05, 0.1) is 23.6 Å². The highest BCUT2D eigenvalue weighted by atomic mass is 19.1. The first-order chi connectivity index (χ1) is 21.9. The van der Waals surface area contributed by atoms with E-state index in [0.29, 0.717) is 53.5 Å². The van der Waals surface area contributed by atoms with Crippen molar-refractivity contribution in [3.8, 4) is 34.0 Å². The van der Waals surface area contributed by atoms with Gasteiger partial charge in [0, 0.05) is 34.0 Å². The summed E-state index contributed by atoms with van der Waals surface area (Å²) in [6.45, 7) is 11.9. The molecule has 46 heavy (non-hydrogen) atoms. The molecule has 8 nitrogen and oxygen atoms in total. The van der Waals surface area contributed by atoms with Crippen LogP contribution < -0.4 is 9.47 Å². The highest BCUT2D eigenvalue weighted by Gasteiger charge is 2.34. The number of fused-ring (bicyclic) bond motifs is 2. The lowest BCUT2D eigenvalue weighted by Gasteiger charge is -2.28. The van der Waals surface area contributed by atoms with E-state index in [-0.39, 0.29) is 5.75 Å². The van der Waals surface area contributed by atoms with E-state index < -0.39 is 23.5 Å². The Labute approximate surface area is 267 Å². The lowest BCUT2D eigenvalue weighted by Crippen LogP contribution is -2.29. The molecule has 0 radical (unpaired) electrons. The molecule has 0 spiro atoms. The van der Waals surface area contributed by atoms with Crippen molar-refractivity contribution >= 4 is 11.6 Å². The second-order valence-corrected chi connectivity index (χ2v) is 12.8. The maximum Gasteiger partial charge on any atom is 0.337 e. The fraction of sp³-hybridized carbons (Fsp3) is 0.324. The summed E-state index contributed by atoms with van der Waals surface area (Å²) in [7, 11) is 0. The molecule has 0 aliphatic carbocycles. The van der Waals surface area contributed by atoms with Crippen LogP contribution in [0.25, 0.3) is 28.2 Å². The van der Waals surface area contributed by atoms with Crippen molar-refractivity contribution in [1.29, 1.82) is 0 Å². The monoisotopic (exact) mass is 623 g/mol. The van der Waals surface area contributed by atoms with Crippen LogP contribution in [0, 0.1) is 26.6 Å². The van der Waals surface area contributed by atoms with Crippen LogP contribution in [0.4, 0.5) is 4.39 Å². The number of carbonyl (C=O) groups is 1. The van der Waals surface area contributed by atoms with Gasteiger partial charge in [-0.1, -0.05) is 42.5 Å². The van der Waals surface area contributed by atoms with Crippen LogP contribution in [0.3, 0.4) is 0 Å². The van der Waals surface area contributed by atoms with E-state index in [1.165, 1.54) is 6.07 Å². The number of aromatic nitrogens is 3. The number of hydrogen-bond acceptors (Lipinski definition) is 6. The van der Waals surface area contributed by atoms with Crippen molar-refractivity contribution in [2.24, 2.45) is 0 Å². The predicted molar refractivity (Wildman–Crippen MR) is 174 cm³/mol. The first-order valence-electron chi connectivity index (χ1n) is 15.4. The Kier molecular flexibility index (Phi) is 8.29. The zero-order valence-corrected chi connectivity index (χ0v) is 27.0. The maximum absolute atomic E-state index is 15.7. The molecule has 2 aromatic heterocycles. The van der Waals surface area contributed by atoms with E-state index in [1.807, 2.05) is 68.4 Å². The van der Waals surface area contributed by atoms with Gasteiger partial charge >= 0.3 is 5.97 Å². The third kappa shape index (κ3) is 6.07. The first kappa shape index (κ1) is 31.2. The number of halogens is 1. The lowest BCUT2D eigenvalue weighted by molar-refractivity contribution is -0.160. The van der Waals surface area contributed by atoms with Crippen molar-refractivity contribution in [2.75, 3.05) is 6.61 Å². The van der Waals surface area contributed by atoms with Crippen molar-refractivity contribution in [3.05, 3.63) is 100.0 Å². The summed E-state index contributed by atoms with van der Waals surface area (Å²) < 4.78 is 35.3. The molecule has 1 unspecified atom stereocenters. The minimum Gasteiger partial charge on any atom is -0.490 e. The number of ether oxygens (including phenoxy) is 3. The Hall–Kier alpha value is -4.76. The van der Waals surface area contributed by atoms with Crippen molar-refractivity contribution in [3.63, 3.8) is 0 Å². The van der Waals surface area contributed by atoms with Gasteiger partial charge in [-0.15, -0.1) is 0 Å². The summed E-state index contributed by atoms with van der Waals surface area (Å²) >= 11 is 0. The van der Waals surface area contributed by atoms with Gasteiger partial charge in [-0.2, -0.15) is 5.10 Å². The quantitative estimate of drug-likeness (QED) is 0.187. The normalized spacial score (nSPS) is 13.7. The molecular weight excluding hydrogens is 585 g/mol. The van der Waals surface area contributed by atoms with Gasteiger partial charge in [0.25, 0.3) is 0 Å². The first-order valence-corrected chi connectivity index (χ1v) is 15.4. The fourth-order valence-corrected chi connectivity index (χ4v) is 5.99. The van der Waals surface area contributed by atoms with E-state index in [9.17, 15) is 9.90 Å².